The molecule has 230 valence electrons. The number of methoxy groups -OCH3 is 1. The van der Waals surface area contributed by atoms with Crippen LogP contribution < -0.4 is 0 Å². The molecule has 5 saturated carbocycles. The van der Waals surface area contributed by atoms with Crippen molar-refractivity contribution >= 4 is 6.09 Å². The Bertz CT molecular complexity index is 981. The van der Waals surface area contributed by atoms with Crippen molar-refractivity contribution in [2.45, 2.75) is 131 Å². The molecule has 7 unspecified atom stereocenters. The van der Waals surface area contributed by atoms with E-state index >= 15 is 0 Å². The molecule has 2 N–H and O–H groups in total. The zero-order valence-corrected chi connectivity index (χ0v) is 27.1. The number of aliphatic hydroxyl groups excluding tert-OH is 2. The number of rotatable bonds is 7. The van der Waals surface area contributed by atoms with Gasteiger partial charge in [-0.15, -0.1) is 0 Å². The summed E-state index contributed by atoms with van der Waals surface area (Å²) < 4.78 is 11.9. The number of amides is 1. The van der Waals surface area contributed by atoms with Gasteiger partial charge in [-0.05, 0) is 109 Å². The van der Waals surface area contributed by atoms with Crippen molar-refractivity contribution in [1.29, 1.82) is 0 Å². The smallest absolute Gasteiger partial charge is 0.409 e. The molecule has 0 saturated heterocycles. The summed E-state index contributed by atoms with van der Waals surface area (Å²) >= 11 is 0. The van der Waals surface area contributed by atoms with Gasteiger partial charge in [0.2, 0.25) is 0 Å². The van der Waals surface area contributed by atoms with Crippen LogP contribution in [-0.4, -0.2) is 66.8 Å². The number of nitrogens with zero attached hydrogens (tertiary/aromatic N) is 1. The van der Waals surface area contributed by atoms with Crippen molar-refractivity contribution in [3.8, 4) is 0 Å². The molecule has 6 heteroatoms. The van der Waals surface area contributed by atoms with Crippen molar-refractivity contribution in [2.75, 3.05) is 21.2 Å². The summed E-state index contributed by atoms with van der Waals surface area (Å²) in [6.07, 6.45) is 8.58. The second-order valence-corrected chi connectivity index (χ2v) is 16.6. The highest BCUT2D eigenvalue weighted by Gasteiger charge is 2.83. The molecule has 40 heavy (non-hydrogen) atoms. The lowest BCUT2D eigenvalue weighted by atomic mass is 9.41. The molecule has 0 aromatic carbocycles. The third-order valence-corrected chi connectivity index (χ3v) is 14.4. The van der Waals surface area contributed by atoms with E-state index in [2.05, 4.69) is 48.5 Å². The number of hydrogen-bond donors (Lipinski definition) is 2. The first-order chi connectivity index (χ1) is 18.5. The fourth-order valence-corrected chi connectivity index (χ4v) is 12.0. The van der Waals surface area contributed by atoms with Gasteiger partial charge in [0.1, 0.15) is 6.10 Å². The number of carbonyl (C=O) groups excluding carboxylic acids is 1. The Balaban J connectivity index is 1.38. The molecular weight excluding hydrogens is 502 g/mol. The Kier molecular flexibility index (Phi) is 7.53. The maximum absolute atomic E-state index is 12.5. The zero-order chi connectivity index (χ0) is 29.6. The summed E-state index contributed by atoms with van der Waals surface area (Å²) in [6, 6.07) is 0. The van der Waals surface area contributed by atoms with Crippen molar-refractivity contribution in [3.63, 3.8) is 0 Å². The maximum atomic E-state index is 12.5. The van der Waals surface area contributed by atoms with Crippen LogP contribution in [0, 0.1) is 56.7 Å². The normalized spacial score (nSPS) is 47.3. The summed E-state index contributed by atoms with van der Waals surface area (Å²) in [5.74, 6) is 2.03. The fourth-order valence-electron chi connectivity index (χ4n) is 12.0. The lowest BCUT2D eigenvalue weighted by Gasteiger charge is -2.63. The fraction of sp³-hybridized carbons (Fsp3) is 0.971. The van der Waals surface area contributed by atoms with Crippen molar-refractivity contribution in [1.82, 2.24) is 4.90 Å². The van der Waals surface area contributed by atoms with Gasteiger partial charge in [0.25, 0.3) is 0 Å². The summed E-state index contributed by atoms with van der Waals surface area (Å²) in [5.41, 5.74) is 0.662. The van der Waals surface area contributed by atoms with Gasteiger partial charge in [-0.1, -0.05) is 48.5 Å². The minimum Gasteiger partial charge on any atom is -0.443 e. The van der Waals surface area contributed by atoms with E-state index in [0.717, 1.165) is 19.3 Å². The Hall–Kier alpha value is -0.850. The number of carbonyl (C=O) groups is 1. The Morgan fingerprint density at radius 2 is 1.55 bits per heavy atom. The number of ether oxygens (including phenoxy) is 2. The average molecular weight is 562 g/mol. The van der Waals surface area contributed by atoms with Crippen LogP contribution in [0.15, 0.2) is 0 Å². The largest absolute Gasteiger partial charge is 0.443 e. The predicted molar refractivity (Wildman–Crippen MR) is 158 cm³/mol. The molecule has 0 heterocycles. The molecule has 5 fully saturated rings. The van der Waals surface area contributed by atoms with Gasteiger partial charge < -0.3 is 24.6 Å². The Morgan fingerprint density at radius 3 is 2.15 bits per heavy atom. The summed E-state index contributed by atoms with van der Waals surface area (Å²) in [7, 11) is 5.18. The van der Waals surface area contributed by atoms with Gasteiger partial charge in [0, 0.05) is 26.6 Å². The molecule has 0 aromatic rings. The van der Waals surface area contributed by atoms with Gasteiger partial charge in [-0.2, -0.15) is 0 Å². The van der Waals surface area contributed by atoms with E-state index in [1.165, 1.54) is 43.4 Å². The first-order valence-corrected chi connectivity index (χ1v) is 16.3. The van der Waals surface area contributed by atoms with E-state index in [-0.39, 0.29) is 52.7 Å². The highest BCUT2D eigenvalue weighted by Crippen LogP contribution is 2.89. The van der Waals surface area contributed by atoms with Crippen LogP contribution in [0.25, 0.3) is 0 Å². The molecule has 2 spiro atoms. The average Bonchev–Trinajstić information content (AvgIpc) is 3.50. The summed E-state index contributed by atoms with van der Waals surface area (Å²) in [4.78, 5) is 14.0. The Morgan fingerprint density at radius 1 is 0.925 bits per heavy atom. The quantitative estimate of drug-likeness (QED) is 0.370. The molecule has 0 radical (unpaired) electrons. The lowest BCUT2D eigenvalue weighted by molar-refractivity contribution is -0.182. The topological polar surface area (TPSA) is 79.2 Å². The van der Waals surface area contributed by atoms with Crippen LogP contribution in [-0.2, 0) is 9.47 Å². The van der Waals surface area contributed by atoms with Gasteiger partial charge >= 0.3 is 6.09 Å². The monoisotopic (exact) mass is 561 g/mol. The van der Waals surface area contributed by atoms with Crippen LogP contribution in [0.1, 0.15) is 106 Å². The number of aliphatic hydroxyl groups is 2. The highest BCUT2D eigenvalue weighted by molar-refractivity contribution is 5.67. The highest BCUT2D eigenvalue weighted by atomic mass is 16.6. The van der Waals surface area contributed by atoms with E-state index in [1.807, 2.05) is 0 Å². The van der Waals surface area contributed by atoms with Crippen molar-refractivity contribution < 1.29 is 24.5 Å². The standard InChI is InChI=1S/C34H59NO5/c1-20(2)28(40-29(38)35(8)9)23(39-10)17-21(3)22-18-27(37)32(7)25-12-11-24-30(4,5)26(36)13-14-33(24)19-34(25,33)16-15-31(22,32)6/h20-28,36-37H,11-19H2,1-10H3/t21-,22-,23?,24+,25?,26?,27+,28?,31?,32-,33?,34?/m1/s1. The molecule has 0 bridgehead atoms. The second-order valence-electron chi connectivity index (χ2n) is 16.6. The molecule has 1 amide bonds. The SMILES string of the molecule is COC(C[C@@H](C)[C@H]1C[C@H](O)[C@@]2(C)C3CC[C@H]4C(C)(C)C(O)CCC45CC35CCC12C)C(OC(=O)N(C)C)C(C)C. The van der Waals surface area contributed by atoms with Gasteiger partial charge in [0.15, 0.2) is 0 Å². The molecular formula is C34H59NO5. The third kappa shape index (κ3) is 3.93. The van der Waals surface area contributed by atoms with Crippen LogP contribution in [0.3, 0.4) is 0 Å². The second kappa shape index (κ2) is 9.84. The van der Waals surface area contributed by atoms with Crippen LogP contribution in [0.2, 0.25) is 0 Å². The molecule has 12 atom stereocenters. The summed E-state index contributed by atoms with van der Waals surface area (Å²) in [5, 5.41) is 22.9. The molecule has 6 nitrogen and oxygen atoms in total. The lowest BCUT2D eigenvalue weighted by Crippen LogP contribution is -2.59. The minimum absolute atomic E-state index is 0.0160. The molecule has 0 aromatic heterocycles. The van der Waals surface area contributed by atoms with E-state index in [9.17, 15) is 15.0 Å². The van der Waals surface area contributed by atoms with Crippen LogP contribution >= 0.6 is 0 Å². The first-order valence-electron chi connectivity index (χ1n) is 16.3. The van der Waals surface area contributed by atoms with Gasteiger partial charge in [-0.25, -0.2) is 4.79 Å². The van der Waals surface area contributed by atoms with Crippen LogP contribution in [0.5, 0.6) is 0 Å². The van der Waals surface area contributed by atoms with Crippen molar-refractivity contribution in [2.24, 2.45) is 56.7 Å². The van der Waals surface area contributed by atoms with E-state index in [1.54, 1.807) is 21.2 Å². The number of fused-ring (bicyclic) bond motifs is 2. The third-order valence-electron chi connectivity index (χ3n) is 14.4. The molecule has 5 rings (SSSR count). The molecule has 5 aliphatic rings. The van der Waals surface area contributed by atoms with Gasteiger partial charge in [0.05, 0.1) is 18.3 Å². The van der Waals surface area contributed by atoms with E-state index < -0.39 is 0 Å². The van der Waals surface area contributed by atoms with Crippen LogP contribution in [0.4, 0.5) is 4.79 Å². The van der Waals surface area contributed by atoms with E-state index in [0.29, 0.717) is 34.5 Å². The van der Waals surface area contributed by atoms with E-state index in [4.69, 9.17) is 9.47 Å². The maximum Gasteiger partial charge on any atom is 0.409 e. The van der Waals surface area contributed by atoms with Crippen molar-refractivity contribution in [3.05, 3.63) is 0 Å². The predicted octanol–water partition coefficient (Wildman–Crippen LogP) is 6.52. The zero-order valence-electron chi connectivity index (χ0n) is 27.1. The molecule has 0 aliphatic heterocycles. The molecule has 5 aliphatic carbocycles. The van der Waals surface area contributed by atoms with Gasteiger partial charge in [-0.3, -0.25) is 0 Å². The minimum atomic E-state index is -0.325. The summed E-state index contributed by atoms with van der Waals surface area (Å²) in [6.45, 7) is 16.1. The number of hydrogen-bond acceptors (Lipinski definition) is 5. The Labute approximate surface area is 243 Å². The first kappa shape index (κ1) is 30.6.